The normalized spacial score (nSPS) is 28.9. The van der Waals surface area contributed by atoms with Crippen LogP contribution in [0, 0.1) is 0 Å². The quantitative estimate of drug-likeness (QED) is 0.880. The number of aromatic nitrogens is 1. The molecule has 2 saturated heterocycles. The number of rotatable bonds is 3. The molecule has 2 aliphatic heterocycles. The molecule has 0 aromatic carbocycles. The van der Waals surface area contributed by atoms with Gasteiger partial charge in [-0.3, -0.25) is 9.88 Å². The van der Waals surface area contributed by atoms with Crippen molar-refractivity contribution in [2.75, 3.05) is 26.8 Å². The van der Waals surface area contributed by atoms with Gasteiger partial charge in [-0.2, -0.15) is 0 Å². The molecule has 3 heterocycles. The number of ether oxygens (including phenoxy) is 2. The molecule has 0 saturated carbocycles. The molecule has 2 N–H and O–H groups in total. The monoisotopic (exact) mass is 263 g/mol. The zero-order valence-electron chi connectivity index (χ0n) is 11.3. The summed E-state index contributed by atoms with van der Waals surface area (Å²) in [6.07, 6.45) is 6.06. The fourth-order valence-electron chi connectivity index (χ4n) is 3.00. The number of hydrogen-bond donors (Lipinski definition) is 1. The number of nitrogens with two attached hydrogens (primary N) is 1. The molecule has 5 nitrogen and oxygen atoms in total. The Hall–Kier alpha value is -1.17. The van der Waals surface area contributed by atoms with Gasteiger partial charge in [0.1, 0.15) is 5.75 Å². The lowest BCUT2D eigenvalue weighted by Crippen LogP contribution is -2.49. The number of nitrogens with zero attached hydrogens (tertiary/aromatic N) is 2. The first-order chi connectivity index (χ1) is 9.28. The molecule has 3 rings (SSSR count). The van der Waals surface area contributed by atoms with Crippen LogP contribution in [0.2, 0.25) is 0 Å². The second-order valence-electron chi connectivity index (χ2n) is 5.35. The summed E-state index contributed by atoms with van der Waals surface area (Å²) in [5.41, 5.74) is 7.30. The van der Waals surface area contributed by atoms with Crippen LogP contribution >= 0.6 is 0 Å². The molecular weight excluding hydrogens is 242 g/mol. The maximum Gasteiger partial charge on any atom is 0.137 e. The molecule has 1 aromatic heterocycles. The van der Waals surface area contributed by atoms with Gasteiger partial charge in [-0.1, -0.05) is 0 Å². The van der Waals surface area contributed by atoms with Gasteiger partial charge in [0.2, 0.25) is 0 Å². The highest BCUT2D eigenvalue weighted by Gasteiger charge is 2.35. The van der Waals surface area contributed by atoms with Gasteiger partial charge in [0, 0.05) is 18.8 Å². The van der Waals surface area contributed by atoms with Gasteiger partial charge < -0.3 is 15.2 Å². The van der Waals surface area contributed by atoms with Gasteiger partial charge in [0.15, 0.2) is 0 Å². The van der Waals surface area contributed by atoms with Gasteiger partial charge in [0.25, 0.3) is 0 Å². The molecule has 3 unspecified atom stereocenters. The molecule has 2 aliphatic rings. The SMILES string of the molecule is COc1cncc(C(N)C2CN3CCCC3CO2)c1. The van der Waals surface area contributed by atoms with Crippen LogP contribution in [0.25, 0.3) is 0 Å². The molecule has 0 amide bonds. The summed E-state index contributed by atoms with van der Waals surface area (Å²) in [6.45, 7) is 2.90. The smallest absolute Gasteiger partial charge is 0.137 e. The van der Waals surface area contributed by atoms with E-state index in [2.05, 4.69) is 9.88 Å². The van der Waals surface area contributed by atoms with Crippen molar-refractivity contribution in [1.82, 2.24) is 9.88 Å². The molecule has 104 valence electrons. The van der Waals surface area contributed by atoms with Gasteiger partial charge in [-0.25, -0.2) is 0 Å². The van der Waals surface area contributed by atoms with Crippen LogP contribution in [0.4, 0.5) is 0 Å². The third-order valence-electron chi connectivity index (χ3n) is 4.17. The Kier molecular flexibility index (Phi) is 3.68. The van der Waals surface area contributed by atoms with E-state index in [1.54, 1.807) is 19.5 Å². The predicted octanol–water partition coefficient (Wildman–Crippen LogP) is 0.953. The highest BCUT2D eigenvalue weighted by molar-refractivity contribution is 5.26. The van der Waals surface area contributed by atoms with Crippen LogP contribution in [0.5, 0.6) is 5.75 Å². The Balaban J connectivity index is 1.70. The van der Waals surface area contributed by atoms with E-state index in [9.17, 15) is 0 Å². The third-order valence-corrected chi connectivity index (χ3v) is 4.17. The van der Waals surface area contributed by atoms with Crippen LogP contribution < -0.4 is 10.5 Å². The molecule has 19 heavy (non-hydrogen) atoms. The molecule has 0 spiro atoms. The topological polar surface area (TPSA) is 60.6 Å². The predicted molar refractivity (Wildman–Crippen MR) is 72.1 cm³/mol. The minimum Gasteiger partial charge on any atom is -0.495 e. The third kappa shape index (κ3) is 2.59. The maximum absolute atomic E-state index is 6.33. The highest BCUT2D eigenvalue weighted by atomic mass is 16.5. The van der Waals surface area contributed by atoms with Crippen LogP contribution in [0.15, 0.2) is 18.5 Å². The molecular formula is C14H21N3O2. The zero-order valence-corrected chi connectivity index (χ0v) is 11.3. The lowest BCUT2D eigenvalue weighted by molar-refractivity contribution is -0.0597. The molecule has 0 radical (unpaired) electrons. The van der Waals surface area contributed by atoms with Gasteiger partial charge in [-0.15, -0.1) is 0 Å². The highest BCUT2D eigenvalue weighted by Crippen LogP contribution is 2.28. The summed E-state index contributed by atoms with van der Waals surface area (Å²) >= 11 is 0. The second-order valence-corrected chi connectivity index (χ2v) is 5.35. The van der Waals surface area contributed by atoms with Crippen molar-refractivity contribution in [3.8, 4) is 5.75 Å². The van der Waals surface area contributed by atoms with E-state index >= 15 is 0 Å². The summed E-state index contributed by atoms with van der Waals surface area (Å²) in [5.74, 6) is 0.739. The summed E-state index contributed by atoms with van der Waals surface area (Å²) in [4.78, 5) is 6.67. The van der Waals surface area contributed by atoms with E-state index < -0.39 is 0 Å². The summed E-state index contributed by atoms with van der Waals surface area (Å²) in [7, 11) is 1.64. The van der Waals surface area contributed by atoms with E-state index in [1.165, 1.54) is 19.4 Å². The van der Waals surface area contributed by atoms with Crippen molar-refractivity contribution in [3.05, 3.63) is 24.0 Å². The number of methoxy groups -OCH3 is 1. The van der Waals surface area contributed by atoms with E-state index in [1.807, 2.05) is 6.07 Å². The minimum absolute atomic E-state index is 0.0447. The fraction of sp³-hybridized carbons (Fsp3) is 0.643. The average Bonchev–Trinajstić information content (AvgIpc) is 2.94. The second kappa shape index (κ2) is 5.45. The van der Waals surface area contributed by atoms with Crippen molar-refractivity contribution in [2.24, 2.45) is 5.73 Å². The van der Waals surface area contributed by atoms with Crippen LogP contribution in [-0.4, -0.2) is 48.8 Å². The summed E-state index contributed by atoms with van der Waals surface area (Å²) in [5, 5.41) is 0. The van der Waals surface area contributed by atoms with Crippen LogP contribution in [0.1, 0.15) is 24.4 Å². The van der Waals surface area contributed by atoms with Crippen molar-refractivity contribution in [3.63, 3.8) is 0 Å². The first kappa shape index (κ1) is 12.8. The standard InChI is InChI=1S/C14H21N3O2/c1-18-12-5-10(6-16-7-12)14(15)13-8-17-4-2-3-11(17)9-19-13/h5-7,11,13-14H,2-4,8-9,15H2,1H3. The molecule has 3 atom stereocenters. The van der Waals surface area contributed by atoms with Crippen molar-refractivity contribution in [1.29, 1.82) is 0 Å². The van der Waals surface area contributed by atoms with Crippen LogP contribution in [0.3, 0.4) is 0 Å². The Bertz CT molecular complexity index is 440. The van der Waals surface area contributed by atoms with E-state index in [0.29, 0.717) is 6.04 Å². The van der Waals surface area contributed by atoms with Crippen LogP contribution in [-0.2, 0) is 4.74 Å². The average molecular weight is 263 g/mol. The Morgan fingerprint density at radius 2 is 2.42 bits per heavy atom. The summed E-state index contributed by atoms with van der Waals surface area (Å²) < 4.78 is 11.1. The maximum atomic E-state index is 6.33. The number of pyridine rings is 1. The van der Waals surface area contributed by atoms with Gasteiger partial charge in [-0.05, 0) is 31.0 Å². The summed E-state index contributed by atoms with van der Waals surface area (Å²) in [6, 6.07) is 2.40. The van der Waals surface area contributed by atoms with E-state index in [-0.39, 0.29) is 12.1 Å². The zero-order chi connectivity index (χ0) is 13.2. The molecule has 5 heteroatoms. The lowest BCUT2D eigenvalue weighted by atomic mass is 10.0. The number of hydrogen-bond acceptors (Lipinski definition) is 5. The Labute approximate surface area is 113 Å². The Morgan fingerprint density at radius 3 is 3.26 bits per heavy atom. The fourth-order valence-corrected chi connectivity index (χ4v) is 3.00. The molecule has 1 aromatic rings. The Morgan fingerprint density at radius 1 is 1.53 bits per heavy atom. The number of fused-ring (bicyclic) bond motifs is 1. The van der Waals surface area contributed by atoms with Gasteiger partial charge in [0.05, 0.1) is 32.1 Å². The van der Waals surface area contributed by atoms with E-state index in [4.69, 9.17) is 15.2 Å². The van der Waals surface area contributed by atoms with E-state index in [0.717, 1.165) is 24.5 Å². The van der Waals surface area contributed by atoms with Gasteiger partial charge >= 0.3 is 0 Å². The van der Waals surface area contributed by atoms with Crippen molar-refractivity contribution < 1.29 is 9.47 Å². The first-order valence-corrected chi connectivity index (χ1v) is 6.88. The lowest BCUT2D eigenvalue weighted by Gasteiger charge is -2.37. The first-order valence-electron chi connectivity index (χ1n) is 6.88. The molecule has 2 fully saturated rings. The molecule has 0 bridgehead atoms. The number of morpholine rings is 1. The minimum atomic E-state index is -0.149. The van der Waals surface area contributed by atoms with Crippen molar-refractivity contribution >= 4 is 0 Å². The largest absolute Gasteiger partial charge is 0.495 e. The van der Waals surface area contributed by atoms with Crippen molar-refractivity contribution in [2.45, 2.75) is 31.0 Å². The molecule has 0 aliphatic carbocycles.